The fourth-order valence-corrected chi connectivity index (χ4v) is 6.47. The Morgan fingerprint density at radius 1 is 1.02 bits per heavy atom. The maximum Gasteiger partial charge on any atom is 0.251 e. The Balaban J connectivity index is 1.49. The number of nitrogens with one attached hydrogen (secondary N) is 1. The summed E-state index contributed by atoms with van der Waals surface area (Å²) in [7, 11) is 5.75. The van der Waals surface area contributed by atoms with E-state index in [0.717, 1.165) is 44.3 Å². The lowest BCUT2D eigenvalue weighted by molar-refractivity contribution is -0.0863. The quantitative estimate of drug-likeness (QED) is 0.311. The first-order chi connectivity index (χ1) is 19.6. The summed E-state index contributed by atoms with van der Waals surface area (Å²) in [6.45, 7) is 8.49. The average molecular weight is 577 g/mol. The highest BCUT2D eigenvalue weighted by molar-refractivity contribution is 5.93. The van der Waals surface area contributed by atoms with Gasteiger partial charge in [-0.3, -0.25) is 4.90 Å². The van der Waals surface area contributed by atoms with E-state index in [0.29, 0.717) is 35.4 Å². The molecule has 3 saturated heterocycles. The SMILES string of the molecule is COc1cc2c(NC3(N(C)C)CC(C)OC(C)C3)nc(N3CCC(F)(F)CC3)nc2cc1OCCCN1CCCC1. The Bertz CT molecular complexity index is 1170. The summed E-state index contributed by atoms with van der Waals surface area (Å²) in [5.41, 5.74) is 0.273. The van der Waals surface area contributed by atoms with Crippen LogP contribution in [-0.4, -0.2) is 104 Å². The summed E-state index contributed by atoms with van der Waals surface area (Å²) >= 11 is 0. The van der Waals surface area contributed by atoms with Crippen molar-refractivity contribution in [1.29, 1.82) is 0 Å². The average Bonchev–Trinajstić information content (AvgIpc) is 3.43. The van der Waals surface area contributed by atoms with Crippen LogP contribution in [0.1, 0.15) is 58.8 Å². The standard InChI is InChI=1S/C30H46F2N6O3/c1-21-19-30(36(3)4,20-22(2)41-21)35-27-23-17-25(39-5)26(40-16-8-13-37-11-6-7-12-37)18-24(23)33-28(34-27)38-14-9-29(31,32)10-15-38/h17-18,21-22H,6-16,19-20H2,1-5H3,(H,33,34,35). The topological polar surface area (TPSA) is 75.2 Å². The lowest BCUT2D eigenvalue weighted by atomic mass is 9.91. The molecule has 0 radical (unpaired) electrons. The molecule has 0 saturated carbocycles. The summed E-state index contributed by atoms with van der Waals surface area (Å²) < 4.78 is 46.0. The zero-order valence-corrected chi connectivity index (χ0v) is 25.2. The van der Waals surface area contributed by atoms with Crippen LogP contribution in [0, 0.1) is 0 Å². The van der Waals surface area contributed by atoms with Gasteiger partial charge in [0.2, 0.25) is 5.95 Å². The van der Waals surface area contributed by atoms with Gasteiger partial charge in [0.15, 0.2) is 11.5 Å². The van der Waals surface area contributed by atoms with Gasteiger partial charge in [-0.15, -0.1) is 0 Å². The second kappa shape index (κ2) is 12.4. The summed E-state index contributed by atoms with van der Waals surface area (Å²) in [5, 5.41) is 4.56. The van der Waals surface area contributed by atoms with Crippen LogP contribution in [0.15, 0.2) is 12.1 Å². The van der Waals surface area contributed by atoms with Crippen molar-refractivity contribution in [2.45, 2.75) is 82.6 Å². The van der Waals surface area contributed by atoms with Crippen molar-refractivity contribution in [3.63, 3.8) is 0 Å². The molecule has 41 heavy (non-hydrogen) atoms. The Morgan fingerprint density at radius 2 is 1.71 bits per heavy atom. The third-order valence-electron chi connectivity index (χ3n) is 8.74. The minimum Gasteiger partial charge on any atom is -0.493 e. The number of likely N-dealkylation sites (tertiary alicyclic amines) is 1. The maximum absolute atomic E-state index is 14.0. The fourth-order valence-electron chi connectivity index (χ4n) is 6.47. The van der Waals surface area contributed by atoms with Crippen LogP contribution in [0.4, 0.5) is 20.5 Å². The third-order valence-corrected chi connectivity index (χ3v) is 8.74. The van der Waals surface area contributed by atoms with Crippen LogP contribution < -0.4 is 19.7 Å². The zero-order valence-electron chi connectivity index (χ0n) is 25.2. The molecule has 0 amide bonds. The van der Waals surface area contributed by atoms with Gasteiger partial charge in [-0.25, -0.2) is 13.8 Å². The maximum atomic E-state index is 14.0. The van der Waals surface area contributed by atoms with E-state index >= 15 is 0 Å². The van der Waals surface area contributed by atoms with Gasteiger partial charge in [0.25, 0.3) is 5.92 Å². The van der Waals surface area contributed by atoms with Crippen molar-refractivity contribution in [2.75, 3.05) is 70.8 Å². The van der Waals surface area contributed by atoms with Gasteiger partial charge in [0.05, 0.1) is 37.1 Å². The molecule has 2 aromatic rings. The largest absolute Gasteiger partial charge is 0.493 e. The van der Waals surface area contributed by atoms with Crippen LogP contribution in [0.25, 0.3) is 10.9 Å². The number of halogens is 2. The number of anilines is 2. The molecule has 11 heteroatoms. The van der Waals surface area contributed by atoms with Crippen molar-refractivity contribution in [3.8, 4) is 11.5 Å². The first-order valence-corrected chi connectivity index (χ1v) is 15.1. The first-order valence-electron chi connectivity index (χ1n) is 15.1. The van der Waals surface area contributed by atoms with Gasteiger partial charge in [-0.1, -0.05) is 0 Å². The molecule has 228 valence electrons. The van der Waals surface area contributed by atoms with Crippen LogP contribution in [0.2, 0.25) is 0 Å². The molecular weight excluding hydrogens is 530 g/mol. The smallest absolute Gasteiger partial charge is 0.251 e. The van der Waals surface area contributed by atoms with E-state index in [1.165, 1.54) is 12.8 Å². The number of benzene rings is 1. The molecule has 3 aliphatic heterocycles. The van der Waals surface area contributed by atoms with Crippen LogP contribution in [0.5, 0.6) is 11.5 Å². The minimum atomic E-state index is -2.65. The molecule has 2 unspecified atom stereocenters. The molecule has 3 fully saturated rings. The number of hydrogen-bond acceptors (Lipinski definition) is 9. The normalized spacial score (nSPS) is 27.0. The monoisotopic (exact) mass is 576 g/mol. The van der Waals surface area contributed by atoms with E-state index in [1.54, 1.807) is 7.11 Å². The molecule has 0 bridgehead atoms. The molecule has 9 nitrogen and oxygen atoms in total. The number of rotatable bonds is 10. The second-order valence-electron chi connectivity index (χ2n) is 12.2. The predicted molar refractivity (Wildman–Crippen MR) is 158 cm³/mol. The number of hydrogen-bond donors (Lipinski definition) is 1. The van der Waals surface area contributed by atoms with Crippen LogP contribution in [-0.2, 0) is 4.74 Å². The Labute approximate surface area is 242 Å². The molecule has 1 N–H and O–H groups in total. The zero-order chi connectivity index (χ0) is 29.2. The molecule has 0 aliphatic carbocycles. The van der Waals surface area contributed by atoms with Gasteiger partial charge in [-0.05, 0) is 66.4 Å². The van der Waals surface area contributed by atoms with Crippen molar-refractivity contribution in [2.24, 2.45) is 0 Å². The van der Waals surface area contributed by atoms with Gasteiger partial charge >= 0.3 is 0 Å². The molecule has 3 aliphatic rings. The van der Waals surface area contributed by atoms with E-state index in [4.69, 9.17) is 24.2 Å². The molecule has 1 aromatic carbocycles. The van der Waals surface area contributed by atoms with Crippen LogP contribution in [0.3, 0.4) is 0 Å². The van der Waals surface area contributed by atoms with E-state index in [9.17, 15) is 8.78 Å². The van der Waals surface area contributed by atoms with E-state index < -0.39 is 11.6 Å². The molecule has 1 aromatic heterocycles. The van der Waals surface area contributed by atoms with Crippen molar-refractivity contribution >= 4 is 22.7 Å². The number of fused-ring (bicyclic) bond motifs is 1. The van der Waals surface area contributed by atoms with E-state index in [2.05, 4.69) is 43.1 Å². The molecule has 0 spiro atoms. The van der Waals surface area contributed by atoms with Crippen molar-refractivity contribution in [3.05, 3.63) is 12.1 Å². The van der Waals surface area contributed by atoms with E-state index in [1.807, 2.05) is 17.0 Å². The van der Waals surface area contributed by atoms with E-state index in [-0.39, 0.29) is 38.1 Å². The number of ether oxygens (including phenoxy) is 3. The van der Waals surface area contributed by atoms with Crippen molar-refractivity contribution < 1.29 is 23.0 Å². The van der Waals surface area contributed by atoms with Gasteiger partial charge in [-0.2, -0.15) is 4.98 Å². The minimum absolute atomic E-state index is 0.0562. The Morgan fingerprint density at radius 3 is 2.34 bits per heavy atom. The van der Waals surface area contributed by atoms with Gasteiger partial charge in [0.1, 0.15) is 5.82 Å². The number of methoxy groups -OCH3 is 1. The predicted octanol–water partition coefficient (Wildman–Crippen LogP) is 5.00. The fraction of sp³-hybridized carbons (Fsp3) is 0.733. The highest BCUT2D eigenvalue weighted by atomic mass is 19.3. The lowest BCUT2D eigenvalue weighted by Crippen LogP contribution is -2.58. The highest BCUT2D eigenvalue weighted by Crippen LogP contribution is 2.40. The van der Waals surface area contributed by atoms with Gasteiger partial charge < -0.3 is 29.3 Å². The van der Waals surface area contributed by atoms with Crippen LogP contribution >= 0.6 is 0 Å². The molecule has 5 rings (SSSR count). The number of piperidine rings is 1. The molecular formula is C30H46F2N6O3. The first kappa shape index (κ1) is 30.0. The third kappa shape index (κ3) is 6.94. The summed E-state index contributed by atoms with van der Waals surface area (Å²) in [6, 6.07) is 3.83. The highest BCUT2D eigenvalue weighted by Gasteiger charge is 2.42. The van der Waals surface area contributed by atoms with Gasteiger partial charge in [0, 0.05) is 56.8 Å². The Kier molecular flexibility index (Phi) is 9.06. The molecule has 4 heterocycles. The summed E-state index contributed by atoms with van der Waals surface area (Å²) in [4.78, 5) is 16.4. The van der Waals surface area contributed by atoms with Crippen molar-refractivity contribution in [1.82, 2.24) is 19.8 Å². The Hall–Kier alpha value is -2.50. The summed E-state index contributed by atoms with van der Waals surface area (Å²) in [6.07, 6.45) is 4.68. The number of alkyl halides is 2. The number of aromatic nitrogens is 2. The lowest BCUT2D eigenvalue weighted by Gasteiger charge is -2.48. The molecule has 2 atom stereocenters. The second-order valence-corrected chi connectivity index (χ2v) is 12.2. The summed E-state index contributed by atoms with van der Waals surface area (Å²) in [5.74, 6) is -0.318. The number of nitrogens with zero attached hydrogens (tertiary/aromatic N) is 5.